The SMILES string of the molecule is N#Cc1ccc(-n2c3ccc(C#N)cc3c3cccc(-n4c5ccccc5c5ccccc54)c32)c(-c2ccc(-n3c4ccccc4c4ccccc43)cc2)c1. The van der Waals surface area contributed by atoms with Gasteiger partial charge in [-0.15, -0.1) is 0 Å². The van der Waals surface area contributed by atoms with Crippen LogP contribution in [0.1, 0.15) is 11.1 Å². The molecule has 0 atom stereocenters. The predicted octanol–water partition coefficient (Wildman–Crippen LogP) is 12.4. The Morgan fingerprint density at radius 1 is 0.345 bits per heavy atom. The number of para-hydroxylation sites is 5. The van der Waals surface area contributed by atoms with Gasteiger partial charge in [-0.3, -0.25) is 0 Å². The molecule has 0 radical (unpaired) electrons. The molecule has 0 aliphatic carbocycles. The molecule has 8 aromatic carbocycles. The topological polar surface area (TPSA) is 62.4 Å². The minimum absolute atomic E-state index is 0.584. The number of rotatable bonds is 4. The average Bonchev–Trinajstić information content (AvgIpc) is 3.89. The number of aromatic nitrogens is 3. The average molecular weight is 700 g/mol. The second-order valence-corrected chi connectivity index (χ2v) is 14.0. The Hall–Kier alpha value is -7.86. The van der Waals surface area contributed by atoms with Crippen LogP contribution in [0.3, 0.4) is 0 Å². The third-order valence-electron chi connectivity index (χ3n) is 11.1. The van der Waals surface area contributed by atoms with E-state index in [9.17, 15) is 10.5 Å². The molecule has 11 rings (SSSR count). The standard InChI is InChI=1S/C50H29N5/c51-30-32-20-26-47(41(28-32)34-22-24-35(25-23-34)53-43-15-5-1-10-36(43)37-11-2-6-16-44(37)53)55-48-27-21-33(31-52)29-42(48)40-14-9-19-49(50(40)55)54-45-17-7-3-12-38(45)39-13-4-8-18-46(39)54/h1-29H. The van der Waals surface area contributed by atoms with Crippen molar-refractivity contribution in [1.29, 1.82) is 10.5 Å². The highest BCUT2D eigenvalue weighted by atomic mass is 15.1. The van der Waals surface area contributed by atoms with Gasteiger partial charge in [-0.1, -0.05) is 97.1 Å². The number of benzene rings is 8. The van der Waals surface area contributed by atoms with E-state index in [1.165, 1.54) is 21.5 Å². The van der Waals surface area contributed by atoms with E-state index in [0.717, 1.165) is 72.1 Å². The molecule has 3 heterocycles. The summed E-state index contributed by atoms with van der Waals surface area (Å²) in [4.78, 5) is 0. The number of fused-ring (bicyclic) bond motifs is 9. The van der Waals surface area contributed by atoms with Gasteiger partial charge in [0, 0.05) is 43.6 Å². The minimum atomic E-state index is 0.584. The lowest BCUT2D eigenvalue weighted by molar-refractivity contribution is 1.13. The summed E-state index contributed by atoms with van der Waals surface area (Å²) >= 11 is 0. The summed E-state index contributed by atoms with van der Waals surface area (Å²) < 4.78 is 7.00. The van der Waals surface area contributed by atoms with Gasteiger partial charge in [0.2, 0.25) is 0 Å². The van der Waals surface area contributed by atoms with Crippen LogP contribution in [0.4, 0.5) is 0 Å². The van der Waals surface area contributed by atoms with Crippen LogP contribution in [-0.4, -0.2) is 13.7 Å². The van der Waals surface area contributed by atoms with Gasteiger partial charge in [-0.25, -0.2) is 0 Å². The van der Waals surface area contributed by atoms with E-state index < -0.39 is 0 Å². The van der Waals surface area contributed by atoms with Crippen LogP contribution >= 0.6 is 0 Å². The van der Waals surface area contributed by atoms with E-state index in [0.29, 0.717) is 11.1 Å². The summed E-state index contributed by atoms with van der Waals surface area (Å²) in [6.45, 7) is 0. The van der Waals surface area contributed by atoms with Crippen LogP contribution in [0.2, 0.25) is 0 Å². The van der Waals surface area contributed by atoms with Gasteiger partial charge in [0.1, 0.15) is 0 Å². The lowest BCUT2D eigenvalue weighted by atomic mass is 10.00. The predicted molar refractivity (Wildman–Crippen MR) is 224 cm³/mol. The molecule has 0 saturated carbocycles. The highest BCUT2D eigenvalue weighted by Gasteiger charge is 2.22. The Kier molecular flexibility index (Phi) is 6.61. The third-order valence-corrected chi connectivity index (χ3v) is 11.1. The quantitative estimate of drug-likeness (QED) is 0.184. The molecule has 0 fully saturated rings. The smallest absolute Gasteiger partial charge is 0.0991 e. The summed E-state index contributed by atoms with van der Waals surface area (Å²) in [5.74, 6) is 0. The van der Waals surface area contributed by atoms with Gasteiger partial charge in [-0.05, 0) is 84.4 Å². The fourth-order valence-electron chi connectivity index (χ4n) is 8.76. The second-order valence-electron chi connectivity index (χ2n) is 14.0. The maximum absolute atomic E-state index is 10.2. The summed E-state index contributed by atoms with van der Waals surface area (Å²) in [6.07, 6.45) is 0. The Morgan fingerprint density at radius 3 is 1.42 bits per heavy atom. The van der Waals surface area contributed by atoms with Crippen molar-refractivity contribution in [3.05, 3.63) is 187 Å². The zero-order valence-electron chi connectivity index (χ0n) is 29.5. The van der Waals surface area contributed by atoms with Crippen LogP contribution in [0.15, 0.2) is 176 Å². The number of hydrogen-bond donors (Lipinski definition) is 0. The molecular formula is C50H29N5. The van der Waals surface area contributed by atoms with E-state index in [4.69, 9.17) is 0 Å². The van der Waals surface area contributed by atoms with Crippen molar-refractivity contribution in [3.63, 3.8) is 0 Å². The van der Waals surface area contributed by atoms with Crippen LogP contribution in [0.25, 0.3) is 93.6 Å². The molecule has 0 aliphatic heterocycles. The van der Waals surface area contributed by atoms with Crippen LogP contribution in [-0.2, 0) is 0 Å². The van der Waals surface area contributed by atoms with Gasteiger partial charge >= 0.3 is 0 Å². The first-order valence-electron chi connectivity index (χ1n) is 18.3. The summed E-state index contributed by atoms with van der Waals surface area (Å²) in [7, 11) is 0. The highest BCUT2D eigenvalue weighted by Crippen LogP contribution is 2.42. The molecule has 3 aromatic heterocycles. The lowest BCUT2D eigenvalue weighted by Crippen LogP contribution is -2.02. The van der Waals surface area contributed by atoms with Crippen LogP contribution in [0, 0.1) is 22.7 Å². The summed E-state index contributed by atoms with van der Waals surface area (Å²) in [5, 5.41) is 27.0. The zero-order valence-corrected chi connectivity index (χ0v) is 29.5. The molecule has 11 aromatic rings. The Bertz CT molecular complexity index is 3350. The second kappa shape index (κ2) is 11.8. The molecule has 0 spiro atoms. The Morgan fingerprint density at radius 2 is 0.836 bits per heavy atom. The van der Waals surface area contributed by atoms with E-state index >= 15 is 0 Å². The monoisotopic (exact) mass is 699 g/mol. The molecule has 0 unspecified atom stereocenters. The summed E-state index contributed by atoms with van der Waals surface area (Å²) in [6, 6.07) is 65.9. The molecule has 254 valence electrons. The fourth-order valence-corrected chi connectivity index (χ4v) is 8.76. The molecule has 5 nitrogen and oxygen atoms in total. The Balaban J connectivity index is 1.19. The van der Waals surface area contributed by atoms with Gasteiger partial charge < -0.3 is 13.7 Å². The van der Waals surface area contributed by atoms with Gasteiger partial charge in [0.15, 0.2) is 0 Å². The lowest BCUT2D eigenvalue weighted by Gasteiger charge is -2.18. The number of nitriles is 2. The van der Waals surface area contributed by atoms with Crippen molar-refractivity contribution in [3.8, 4) is 40.3 Å². The molecule has 0 amide bonds. The molecule has 55 heavy (non-hydrogen) atoms. The van der Waals surface area contributed by atoms with E-state index in [2.05, 4.69) is 177 Å². The normalized spacial score (nSPS) is 11.6. The first-order valence-corrected chi connectivity index (χ1v) is 18.3. The minimum Gasteiger partial charge on any atom is -0.309 e. The van der Waals surface area contributed by atoms with Crippen LogP contribution in [0.5, 0.6) is 0 Å². The van der Waals surface area contributed by atoms with Crippen molar-refractivity contribution < 1.29 is 0 Å². The fraction of sp³-hybridized carbons (Fsp3) is 0. The maximum Gasteiger partial charge on any atom is 0.0991 e. The van der Waals surface area contributed by atoms with Crippen molar-refractivity contribution in [2.75, 3.05) is 0 Å². The van der Waals surface area contributed by atoms with Gasteiger partial charge in [-0.2, -0.15) is 10.5 Å². The zero-order chi connectivity index (χ0) is 36.6. The number of nitrogens with zero attached hydrogens (tertiary/aromatic N) is 5. The van der Waals surface area contributed by atoms with Crippen molar-refractivity contribution >= 4 is 65.4 Å². The van der Waals surface area contributed by atoms with Gasteiger partial charge in [0.05, 0.1) is 67.7 Å². The maximum atomic E-state index is 10.2. The van der Waals surface area contributed by atoms with Crippen molar-refractivity contribution in [1.82, 2.24) is 13.7 Å². The molecule has 0 aliphatic rings. The first kappa shape index (κ1) is 30.7. The molecule has 0 bridgehead atoms. The molecule has 5 heteroatoms. The van der Waals surface area contributed by atoms with Crippen molar-refractivity contribution in [2.45, 2.75) is 0 Å². The largest absolute Gasteiger partial charge is 0.309 e. The van der Waals surface area contributed by atoms with E-state index in [1.54, 1.807) is 0 Å². The Labute approximate surface area is 316 Å². The van der Waals surface area contributed by atoms with Crippen molar-refractivity contribution in [2.24, 2.45) is 0 Å². The highest BCUT2D eigenvalue weighted by molar-refractivity contribution is 6.15. The molecule has 0 saturated heterocycles. The summed E-state index contributed by atoms with van der Waals surface area (Å²) in [5.41, 5.74) is 12.7. The van der Waals surface area contributed by atoms with Gasteiger partial charge in [0.25, 0.3) is 0 Å². The van der Waals surface area contributed by atoms with Crippen LogP contribution < -0.4 is 0 Å². The number of hydrogen-bond acceptors (Lipinski definition) is 2. The third kappa shape index (κ3) is 4.45. The van der Waals surface area contributed by atoms with E-state index in [1.807, 2.05) is 24.3 Å². The first-order chi connectivity index (χ1) is 27.2. The van der Waals surface area contributed by atoms with E-state index in [-0.39, 0.29) is 0 Å². The molecule has 0 N–H and O–H groups in total. The molecular weight excluding hydrogens is 671 g/mol.